The first-order chi connectivity index (χ1) is 7.38. The van der Waals surface area contributed by atoms with Gasteiger partial charge in [0.1, 0.15) is 0 Å². The highest BCUT2D eigenvalue weighted by Crippen LogP contribution is 2.12. The van der Waals surface area contributed by atoms with Crippen molar-refractivity contribution in [3.63, 3.8) is 0 Å². The first-order valence-electron chi connectivity index (χ1n) is 5.85. The second-order valence-corrected chi connectivity index (χ2v) is 4.61. The second kappa shape index (κ2) is 7.25. The van der Waals surface area contributed by atoms with Crippen LogP contribution in [0.15, 0.2) is 0 Å². The summed E-state index contributed by atoms with van der Waals surface area (Å²) in [6, 6.07) is 0. The van der Waals surface area contributed by atoms with Crippen molar-refractivity contribution < 1.29 is 14.7 Å². The van der Waals surface area contributed by atoms with Gasteiger partial charge in [0.15, 0.2) is 0 Å². The zero-order valence-electron chi connectivity index (χ0n) is 10.7. The number of carbonyl (C=O) groups excluding carboxylic acids is 1. The molecule has 0 saturated heterocycles. The van der Waals surface area contributed by atoms with Gasteiger partial charge in [0.05, 0.1) is 5.92 Å². The third kappa shape index (κ3) is 5.73. The lowest BCUT2D eigenvalue weighted by atomic mass is 10.0. The zero-order valence-corrected chi connectivity index (χ0v) is 10.7. The monoisotopic (exact) mass is 229 g/mol. The summed E-state index contributed by atoms with van der Waals surface area (Å²) in [5.74, 6) is -0.953. The third-order valence-corrected chi connectivity index (χ3v) is 2.70. The van der Waals surface area contributed by atoms with Crippen LogP contribution in [0, 0.1) is 11.8 Å². The number of hydrogen-bond acceptors (Lipinski definition) is 2. The first-order valence-corrected chi connectivity index (χ1v) is 5.85. The number of hydrogen-bond donors (Lipinski definition) is 1. The summed E-state index contributed by atoms with van der Waals surface area (Å²) in [6.07, 6.45) is 2.62. The van der Waals surface area contributed by atoms with Crippen LogP contribution in [-0.4, -0.2) is 35.5 Å². The number of aliphatic carboxylic acids is 1. The number of carboxylic acid groups (broad SMARTS) is 1. The maximum Gasteiger partial charge on any atom is 0.308 e. The largest absolute Gasteiger partial charge is 0.481 e. The lowest BCUT2D eigenvalue weighted by Gasteiger charge is -2.21. The Balaban J connectivity index is 4.03. The Morgan fingerprint density at radius 1 is 1.31 bits per heavy atom. The van der Waals surface area contributed by atoms with E-state index in [2.05, 4.69) is 13.8 Å². The first kappa shape index (κ1) is 14.9. The highest BCUT2D eigenvalue weighted by atomic mass is 16.4. The van der Waals surface area contributed by atoms with E-state index >= 15 is 0 Å². The Morgan fingerprint density at radius 2 is 1.88 bits per heavy atom. The van der Waals surface area contributed by atoms with Crippen LogP contribution in [0.3, 0.4) is 0 Å². The van der Waals surface area contributed by atoms with Gasteiger partial charge in [-0.3, -0.25) is 9.59 Å². The summed E-state index contributed by atoms with van der Waals surface area (Å²) in [4.78, 5) is 23.9. The van der Waals surface area contributed by atoms with Crippen LogP contribution < -0.4 is 0 Å². The maximum atomic E-state index is 11.7. The van der Waals surface area contributed by atoms with E-state index in [0.717, 1.165) is 12.8 Å². The fraction of sp³-hybridized carbons (Fsp3) is 0.833. The molecule has 1 N–H and O–H groups in total. The topological polar surface area (TPSA) is 57.6 Å². The molecule has 4 nitrogen and oxygen atoms in total. The van der Waals surface area contributed by atoms with Gasteiger partial charge in [0.2, 0.25) is 5.91 Å². The molecule has 0 aromatic rings. The molecule has 0 bridgehead atoms. The van der Waals surface area contributed by atoms with Crippen molar-refractivity contribution in [3.8, 4) is 0 Å². The number of rotatable bonds is 7. The van der Waals surface area contributed by atoms with Crippen molar-refractivity contribution in [1.82, 2.24) is 4.90 Å². The average Bonchev–Trinajstić information content (AvgIpc) is 2.17. The summed E-state index contributed by atoms with van der Waals surface area (Å²) < 4.78 is 0. The normalized spacial score (nSPS) is 14.2. The molecule has 0 aromatic heterocycles. The molecule has 94 valence electrons. The summed E-state index contributed by atoms with van der Waals surface area (Å²) in [5.41, 5.74) is 0. The van der Waals surface area contributed by atoms with Gasteiger partial charge in [-0.15, -0.1) is 0 Å². The Labute approximate surface area is 97.6 Å². The van der Waals surface area contributed by atoms with Gasteiger partial charge in [-0.05, 0) is 5.92 Å². The molecular weight excluding hydrogens is 206 g/mol. The minimum atomic E-state index is -0.860. The molecule has 0 saturated carbocycles. The highest BCUT2D eigenvalue weighted by molar-refractivity contribution is 5.77. The Morgan fingerprint density at radius 3 is 2.31 bits per heavy atom. The smallest absolute Gasteiger partial charge is 0.308 e. The van der Waals surface area contributed by atoms with Crippen LogP contribution in [0.5, 0.6) is 0 Å². The molecule has 0 rings (SSSR count). The lowest BCUT2D eigenvalue weighted by Crippen LogP contribution is -2.34. The molecule has 0 heterocycles. The quantitative estimate of drug-likeness (QED) is 0.726. The van der Waals surface area contributed by atoms with E-state index < -0.39 is 11.9 Å². The Bertz CT molecular complexity index is 240. The van der Waals surface area contributed by atoms with Gasteiger partial charge in [-0.2, -0.15) is 0 Å². The van der Waals surface area contributed by atoms with E-state index in [1.54, 1.807) is 14.0 Å². The van der Waals surface area contributed by atoms with Crippen LogP contribution in [0.2, 0.25) is 0 Å². The maximum absolute atomic E-state index is 11.7. The van der Waals surface area contributed by atoms with Crippen molar-refractivity contribution in [2.45, 2.75) is 40.0 Å². The molecule has 0 aromatic carbocycles. The van der Waals surface area contributed by atoms with Crippen molar-refractivity contribution >= 4 is 11.9 Å². The number of nitrogens with zero attached hydrogens (tertiary/aromatic N) is 1. The standard InChI is InChI=1S/C12H23NO3/c1-5-6-9(2)7-11(14)13(4)8-10(3)12(15)16/h9-10H,5-8H2,1-4H3,(H,15,16). The minimum Gasteiger partial charge on any atom is -0.481 e. The summed E-state index contributed by atoms with van der Waals surface area (Å²) in [5, 5.41) is 8.74. The molecular formula is C12H23NO3. The van der Waals surface area contributed by atoms with E-state index in [0.29, 0.717) is 12.3 Å². The Kier molecular flexibility index (Phi) is 6.77. The van der Waals surface area contributed by atoms with Gasteiger partial charge >= 0.3 is 5.97 Å². The molecule has 0 radical (unpaired) electrons. The minimum absolute atomic E-state index is 0.0362. The van der Waals surface area contributed by atoms with E-state index in [1.165, 1.54) is 4.90 Å². The SMILES string of the molecule is CCCC(C)CC(=O)N(C)CC(C)C(=O)O. The number of carbonyl (C=O) groups is 2. The van der Waals surface area contributed by atoms with Crippen LogP contribution >= 0.6 is 0 Å². The fourth-order valence-corrected chi connectivity index (χ4v) is 1.64. The van der Waals surface area contributed by atoms with Crippen LogP contribution in [-0.2, 0) is 9.59 Å². The molecule has 1 amide bonds. The summed E-state index contributed by atoms with van der Waals surface area (Å²) in [6.45, 7) is 6.04. The number of amides is 1. The van der Waals surface area contributed by atoms with Gasteiger partial charge in [0, 0.05) is 20.0 Å². The molecule has 16 heavy (non-hydrogen) atoms. The van der Waals surface area contributed by atoms with E-state index in [-0.39, 0.29) is 12.5 Å². The fourth-order valence-electron chi connectivity index (χ4n) is 1.64. The molecule has 0 aliphatic carbocycles. The van der Waals surface area contributed by atoms with Gasteiger partial charge in [0.25, 0.3) is 0 Å². The molecule has 0 spiro atoms. The molecule has 0 aliphatic heterocycles. The molecule has 4 heteroatoms. The predicted octanol–water partition coefficient (Wildman–Crippen LogP) is 1.99. The summed E-state index contributed by atoms with van der Waals surface area (Å²) in [7, 11) is 1.67. The Hall–Kier alpha value is -1.06. The van der Waals surface area contributed by atoms with Gasteiger partial charge in [-0.1, -0.05) is 33.6 Å². The summed E-state index contributed by atoms with van der Waals surface area (Å²) >= 11 is 0. The van der Waals surface area contributed by atoms with E-state index in [1.807, 2.05) is 0 Å². The van der Waals surface area contributed by atoms with Crippen molar-refractivity contribution in [1.29, 1.82) is 0 Å². The van der Waals surface area contributed by atoms with E-state index in [9.17, 15) is 9.59 Å². The lowest BCUT2D eigenvalue weighted by molar-refractivity contribution is -0.142. The van der Waals surface area contributed by atoms with Crippen LogP contribution in [0.4, 0.5) is 0 Å². The molecule has 2 unspecified atom stereocenters. The molecule has 0 aliphatic rings. The highest BCUT2D eigenvalue weighted by Gasteiger charge is 2.18. The van der Waals surface area contributed by atoms with Crippen LogP contribution in [0.25, 0.3) is 0 Å². The number of carboxylic acids is 1. The molecule has 2 atom stereocenters. The average molecular weight is 229 g/mol. The zero-order chi connectivity index (χ0) is 12.7. The van der Waals surface area contributed by atoms with E-state index in [4.69, 9.17) is 5.11 Å². The van der Waals surface area contributed by atoms with Crippen molar-refractivity contribution in [2.24, 2.45) is 11.8 Å². The molecule has 0 fully saturated rings. The van der Waals surface area contributed by atoms with Gasteiger partial charge < -0.3 is 10.0 Å². The third-order valence-electron chi connectivity index (χ3n) is 2.70. The van der Waals surface area contributed by atoms with Crippen molar-refractivity contribution in [2.75, 3.05) is 13.6 Å². The van der Waals surface area contributed by atoms with Crippen LogP contribution in [0.1, 0.15) is 40.0 Å². The second-order valence-electron chi connectivity index (χ2n) is 4.61. The predicted molar refractivity (Wildman–Crippen MR) is 63.1 cm³/mol. The van der Waals surface area contributed by atoms with Gasteiger partial charge in [-0.25, -0.2) is 0 Å². The van der Waals surface area contributed by atoms with Crippen molar-refractivity contribution in [3.05, 3.63) is 0 Å².